The maximum absolute atomic E-state index is 10.9. The first kappa shape index (κ1) is 12.5. The highest BCUT2D eigenvalue weighted by Gasteiger charge is 2.08. The third-order valence-corrected chi connectivity index (χ3v) is 3.28. The summed E-state index contributed by atoms with van der Waals surface area (Å²) >= 11 is 0. The highest BCUT2D eigenvalue weighted by molar-refractivity contribution is 7.85. The SMILES string of the molecule is O=S(=O)(O)c1ccc(Cc2cncc(O)c2)cc1. The molecule has 0 aliphatic heterocycles. The van der Waals surface area contributed by atoms with Crippen LogP contribution in [0.4, 0.5) is 0 Å². The Morgan fingerprint density at radius 1 is 1.06 bits per heavy atom. The fraction of sp³-hybridized carbons (Fsp3) is 0.0833. The fourth-order valence-corrected chi connectivity index (χ4v) is 2.07. The molecular formula is C12H11NO4S. The lowest BCUT2D eigenvalue weighted by atomic mass is 10.1. The van der Waals surface area contributed by atoms with Gasteiger partial charge in [-0.2, -0.15) is 8.42 Å². The summed E-state index contributed by atoms with van der Waals surface area (Å²) in [4.78, 5) is 3.71. The Labute approximate surface area is 104 Å². The Morgan fingerprint density at radius 3 is 2.28 bits per heavy atom. The molecule has 0 bridgehead atoms. The van der Waals surface area contributed by atoms with Crippen LogP contribution in [-0.2, 0) is 16.5 Å². The van der Waals surface area contributed by atoms with E-state index in [1.165, 1.54) is 18.3 Å². The smallest absolute Gasteiger partial charge is 0.294 e. The molecule has 0 fully saturated rings. The molecule has 2 N–H and O–H groups in total. The predicted molar refractivity (Wildman–Crippen MR) is 65.0 cm³/mol. The van der Waals surface area contributed by atoms with Gasteiger partial charge in [0.2, 0.25) is 0 Å². The maximum atomic E-state index is 10.9. The van der Waals surface area contributed by atoms with E-state index in [1.54, 1.807) is 24.4 Å². The lowest BCUT2D eigenvalue weighted by molar-refractivity contribution is 0.472. The van der Waals surface area contributed by atoms with Gasteiger partial charge in [-0.25, -0.2) is 0 Å². The van der Waals surface area contributed by atoms with Crippen molar-refractivity contribution in [1.82, 2.24) is 4.98 Å². The molecule has 0 aliphatic carbocycles. The second kappa shape index (κ2) is 4.75. The molecule has 0 radical (unpaired) electrons. The van der Waals surface area contributed by atoms with Crippen LogP contribution in [0.2, 0.25) is 0 Å². The molecule has 1 aromatic carbocycles. The molecule has 5 nitrogen and oxygen atoms in total. The Bertz CT molecular complexity index is 650. The van der Waals surface area contributed by atoms with Crippen LogP contribution >= 0.6 is 0 Å². The van der Waals surface area contributed by atoms with Crippen molar-refractivity contribution in [3.8, 4) is 5.75 Å². The summed E-state index contributed by atoms with van der Waals surface area (Å²) in [6.07, 6.45) is 3.48. The summed E-state index contributed by atoms with van der Waals surface area (Å²) in [5, 5.41) is 9.27. The molecule has 1 aromatic heterocycles. The summed E-state index contributed by atoms with van der Waals surface area (Å²) in [6.45, 7) is 0. The minimum atomic E-state index is -4.15. The Kier molecular flexibility index (Phi) is 3.31. The molecule has 0 atom stereocenters. The molecule has 0 unspecified atom stereocenters. The van der Waals surface area contributed by atoms with Crippen LogP contribution in [0.1, 0.15) is 11.1 Å². The number of aromatic hydroxyl groups is 1. The molecule has 6 heteroatoms. The number of hydrogen-bond acceptors (Lipinski definition) is 4. The van der Waals surface area contributed by atoms with E-state index in [4.69, 9.17) is 4.55 Å². The van der Waals surface area contributed by atoms with Crippen LogP contribution < -0.4 is 0 Å². The Balaban J connectivity index is 2.21. The third-order valence-electron chi connectivity index (χ3n) is 2.41. The third kappa shape index (κ3) is 3.06. The minimum Gasteiger partial charge on any atom is -0.506 e. The van der Waals surface area contributed by atoms with Crippen molar-refractivity contribution in [1.29, 1.82) is 0 Å². The minimum absolute atomic E-state index is 0.0852. The summed E-state index contributed by atoms with van der Waals surface area (Å²) < 4.78 is 30.6. The highest BCUT2D eigenvalue weighted by atomic mass is 32.2. The van der Waals surface area contributed by atoms with Gasteiger partial charge in [-0.1, -0.05) is 12.1 Å². The van der Waals surface area contributed by atoms with Gasteiger partial charge in [0.25, 0.3) is 10.1 Å². The zero-order valence-corrected chi connectivity index (χ0v) is 10.1. The van der Waals surface area contributed by atoms with Gasteiger partial charge in [-0.05, 0) is 35.7 Å². The first-order valence-electron chi connectivity index (χ1n) is 5.14. The van der Waals surface area contributed by atoms with Crippen LogP contribution in [0.3, 0.4) is 0 Å². The molecular weight excluding hydrogens is 254 g/mol. The van der Waals surface area contributed by atoms with Gasteiger partial charge < -0.3 is 5.11 Å². The van der Waals surface area contributed by atoms with E-state index < -0.39 is 10.1 Å². The van der Waals surface area contributed by atoms with Gasteiger partial charge in [0.05, 0.1) is 11.1 Å². The molecule has 0 saturated carbocycles. The van der Waals surface area contributed by atoms with E-state index >= 15 is 0 Å². The van der Waals surface area contributed by atoms with Gasteiger partial charge >= 0.3 is 0 Å². The first-order chi connectivity index (χ1) is 8.45. The quantitative estimate of drug-likeness (QED) is 0.823. The Morgan fingerprint density at radius 2 is 1.72 bits per heavy atom. The van der Waals surface area contributed by atoms with Gasteiger partial charge in [0, 0.05) is 6.20 Å². The van der Waals surface area contributed by atoms with Gasteiger partial charge in [0.15, 0.2) is 0 Å². The lowest BCUT2D eigenvalue weighted by Crippen LogP contribution is -1.98. The largest absolute Gasteiger partial charge is 0.506 e. The Hall–Kier alpha value is -1.92. The van der Waals surface area contributed by atoms with E-state index in [2.05, 4.69) is 4.98 Å². The van der Waals surface area contributed by atoms with Gasteiger partial charge in [-0.3, -0.25) is 9.54 Å². The van der Waals surface area contributed by atoms with Crippen molar-refractivity contribution in [2.24, 2.45) is 0 Å². The fourth-order valence-electron chi connectivity index (χ4n) is 1.59. The molecule has 2 rings (SSSR count). The van der Waals surface area contributed by atoms with Crippen molar-refractivity contribution in [2.45, 2.75) is 11.3 Å². The summed E-state index contributed by atoms with van der Waals surface area (Å²) in [5.74, 6) is 0.0852. The van der Waals surface area contributed by atoms with Crippen LogP contribution in [0.15, 0.2) is 47.6 Å². The second-order valence-electron chi connectivity index (χ2n) is 3.85. The number of benzene rings is 1. The van der Waals surface area contributed by atoms with Crippen molar-refractivity contribution in [3.05, 3.63) is 53.9 Å². The number of aromatic nitrogens is 1. The molecule has 0 spiro atoms. The lowest BCUT2D eigenvalue weighted by Gasteiger charge is -2.03. The van der Waals surface area contributed by atoms with Crippen molar-refractivity contribution in [2.75, 3.05) is 0 Å². The average Bonchev–Trinajstić information content (AvgIpc) is 2.28. The molecule has 2 aromatic rings. The molecule has 0 saturated heterocycles. The summed E-state index contributed by atoms with van der Waals surface area (Å²) in [6, 6.07) is 7.46. The van der Waals surface area contributed by atoms with E-state index in [1.807, 2.05) is 0 Å². The normalized spacial score (nSPS) is 11.4. The molecule has 18 heavy (non-hydrogen) atoms. The van der Waals surface area contributed by atoms with Crippen molar-refractivity contribution >= 4 is 10.1 Å². The number of pyridine rings is 1. The summed E-state index contributed by atoms with van der Waals surface area (Å²) in [5.41, 5.74) is 1.67. The number of nitrogens with zero attached hydrogens (tertiary/aromatic N) is 1. The zero-order valence-electron chi connectivity index (χ0n) is 9.31. The topological polar surface area (TPSA) is 87.5 Å². The number of rotatable bonds is 3. The van der Waals surface area contributed by atoms with Crippen LogP contribution in [-0.4, -0.2) is 23.1 Å². The van der Waals surface area contributed by atoms with E-state index in [0.29, 0.717) is 6.42 Å². The van der Waals surface area contributed by atoms with Crippen LogP contribution in [0.5, 0.6) is 5.75 Å². The molecule has 1 heterocycles. The first-order valence-corrected chi connectivity index (χ1v) is 6.58. The van der Waals surface area contributed by atoms with E-state index in [0.717, 1.165) is 11.1 Å². The van der Waals surface area contributed by atoms with E-state index in [9.17, 15) is 13.5 Å². The van der Waals surface area contributed by atoms with Crippen LogP contribution in [0.25, 0.3) is 0 Å². The van der Waals surface area contributed by atoms with Gasteiger partial charge in [-0.15, -0.1) is 0 Å². The summed E-state index contributed by atoms with van der Waals surface area (Å²) in [7, 11) is -4.15. The van der Waals surface area contributed by atoms with Crippen LogP contribution in [0, 0.1) is 0 Å². The van der Waals surface area contributed by atoms with Gasteiger partial charge in [0.1, 0.15) is 5.75 Å². The average molecular weight is 265 g/mol. The molecule has 94 valence electrons. The standard InChI is InChI=1S/C12H11NO4S/c14-11-6-10(7-13-8-11)5-9-1-3-12(4-2-9)18(15,16)17/h1-4,6-8,14H,5H2,(H,15,16,17). The van der Waals surface area contributed by atoms with Crippen molar-refractivity contribution < 1.29 is 18.1 Å². The monoisotopic (exact) mass is 265 g/mol. The van der Waals surface area contributed by atoms with Crippen molar-refractivity contribution in [3.63, 3.8) is 0 Å². The zero-order chi connectivity index (χ0) is 13.2. The molecule has 0 aliphatic rings. The number of hydrogen-bond donors (Lipinski definition) is 2. The molecule has 0 amide bonds. The maximum Gasteiger partial charge on any atom is 0.294 e. The second-order valence-corrected chi connectivity index (χ2v) is 5.27. The van der Waals surface area contributed by atoms with E-state index in [-0.39, 0.29) is 10.6 Å². The highest BCUT2D eigenvalue weighted by Crippen LogP contribution is 2.15. The predicted octanol–water partition coefficient (Wildman–Crippen LogP) is 1.62.